The van der Waals surface area contributed by atoms with Gasteiger partial charge in [0.25, 0.3) is 10.0 Å². The van der Waals surface area contributed by atoms with Crippen molar-refractivity contribution in [2.45, 2.75) is 25.7 Å². The van der Waals surface area contributed by atoms with Crippen LogP contribution in [0.5, 0.6) is 5.75 Å². The molecule has 0 atom stereocenters. The molecule has 0 fully saturated rings. The number of methoxy groups -OCH3 is 1. The van der Waals surface area contributed by atoms with Gasteiger partial charge in [-0.05, 0) is 55.0 Å². The van der Waals surface area contributed by atoms with Crippen LogP contribution in [0.3, 0.4) is 0 Å². The van der Waals surface area contributed by atoms with Crippen molar-refractivity contribution in [1.82, 2.24) is 9.78 Å². The Morgan fingerprint density at radius 2 is 1.92 bits per heavy atom. The second kappa shape index (κ2) is 6.77. The first-order chi connectivity index (χ1) is 12.2. The van der Waals surface area contributed by atoms with E-state index in [1.54, 1.807) is 51.5 Å². The van der Waals surface area contributed by atoms with Crippen LogP contribution >= 0.6 is 11.3 Å². The normalized spacial score (nSPS) is 11.6. The summed E-state index contributed by atoms with van der Waals surface area (Å²) in [4.78, 5) is 1.26. The van der Waals surface area contributed by atoms with Gasteiger partial charge in [0.1, 0.15) is 17.3 Å². The molecule has 138 valence electrons. The van der Waals surface area contributed by atoms with E-state index in [-0.39, 0.29) is 4.90 Å². The molecule has 0 aliphatic rings. The number of thiophene rings is 1. The predicted octanol–water partition coefficient (Wildman–Crippen LogP) is 3.88. The van der Waals surface area contributed by atoms with E-state index in [1.807, 2.05) is 24.4 Å². The van der Waals surface area contributed by atoms with Crippen LogP contribution in [0.25, 0.3) is 10.6 Å². The maximum Gasteiger partial charge on any atom is 0.263 e. The molecule has 0 saturated heterocycles. The third-order valence-electron chi connectivity index (χ3n) is 4.36. The average Bonchev–Trinajstić information content (AvgIpc) is 3.21. The molecule has 26 heavy (non-hydrogen) atoms. The number of hydrogen-bond donors (Lipinski definition) is 1. The fraction of sp³-hybridized carbons (Fsp3) is 0.278. The van der Waals surface area contributed by atoms with E-state index in [1.165, 1.54) is 4.68 Å². The number of benzene rings is 1. The van der Waals surface area contributed by atoms with E-state index < -0.39 is 10.0 Å². The highest BCUT2D eigenvalue weighted by molar-refractivity contribution is 7.92. The van der Waals surface area contributed by atoms with E-state index >= 15 is 0 Å². The zero-order chi connectivity index (χ0) is 19.1. The molecule has 0 aliphatic carbocycles. The van der Waals surface area contributed by atoms with Crippen molar-refractivity contribution in [1.29, 1.82) is 0 Å². The van der Waals surface area contributed by atoms with Gasteiger partial charge in [-0.15, -0.1) is 11.3 Å². The van der Waals surface area contributed by atoms with Crippen LogP contribution in [0.2, 0.25) is 0 Å². The summed E-state index contributed by atoms with van der Waals surface area (Å²) in [5, 5.41) is 6.36. The molecule has 0 radical (unpaired) electrons. The summed E-state index contributed by atoms with van der Waals surface area (Å²) in [6, 6.07) is 7.37. The van der Waals surface area contributed by atoms with E-state index in [0.717, 1.165) is 16.1 Å². The molecule has 0 spiro atoms. The number of sulfonamides is 1. The van der Waals surface area contributed by atoms with Gasteiger partial charge in [0, 0.05) is 13.1 Å². The molecule has 0 unspecified atom stereocenters. The molecule has 2 heterocycles. The summed E-state index contributed by atoms with van der Waals surface area (Å²) >= 11 is 1.56. The smallest absolute Gasteiger partial charge is 0.263 e. The van der Waals surface area contributed by atoms with Crippen LogP contribution in [-0.4, -0.2) is 25.3 Å². The molecular formula is C18H21N3O3S2. The lowest BCUT2D eigenvalue weighted by atomic mass is 10.1. The summed E-state index contributed by atoms with van der Waals surface area (Å²) in [6.07, 6.45) is 0. The van der Waals surface area contributed by atoms with Crippen molar-refractivity contribution in [3.05, 3.63) is 46.3 Å². The number of rotatable bonds is 5. The average molecular weight is 392 g/mol. The van der Waals surface area contributed by atoms with Gasteiger partial charge in [-0.2, -0.15) is 5.10 Å². The Bertz CT molecular complexity index is 1050. The van der Waals surface area contributed by atoms with Crippen molar-refractivity contribution < 1.29 is 13.2 Å². The lowest BCUT2D eigenvalue weighted by Crippen LogP contribution is -2.18. The second-order valence-electron chi connectivity index (χ2n) is 6.10. The van der Waals surface area contributed by atoms with Gasteiger partial charge in [0.2, 0.25) is 0 Å². The Morgan fingerprint density at radius 3 is 2.54 bits per heavy atom. The number of hydrogen-bond acceptors (Lipinski definition) is 5. The molecule has 2 aromatic heterocycles. The van der Waals surface area contributed by atoms with Gasteiger partial charge >= 0.3 is 0 Å². The van der Waals surface area contributed by atoms with Crippen LogP contribution in [0.4, 0.5) is 5.82 Å². The van der Waals surface area contributed by atoms with Crippen molar-refractivity contribution in [3.8, 4) is 16.3 Å². The highest BCUT2D eigenvalue weighted by atomic mass is 32.2. The van der Waals surface area contributed by atoms with Gasteiger partial charge in [-0.25, -0.2) is 8.42 Å². The number of aromatic nitrogens is 2. The Hall–Kier alpha value is -2.32. The minimum absolute atomic E-state index is 0.273. The van der Waals surface area contributed by atoms with Gasteiger partial charge < -0.3 is 4.74 Å². The molecule has 3 aromatic rings. The van der Waals surface area contributed by atoms with Crippen LogP contribution < -0.4 is 9.46 Å². The monoisotopic (exact) mass is 391 g/mol. The SMILES string of the molecule is COc1cc(C)c(S(=O)(=O)Nc2cc(-c3cccs3)nn2C)c(C)c1C. The zero-order valence-electron chi connectivity index (χ0n) is 15.3. The minimum atomic E-state index is -3.76. The highest BCUT2D eigenvalue weighted by Crippen LogP contribution is 2.32. The number of nitrogens with zero attached hydrogens (tertiary/aromatic N) is 2. The van der Waals surface area contributed by atoms with Gasteiger partial charge in [-0.3, -0.25) is 9.40 Å². The van der Waals surface area contributed by atoms with Gasteiger partial charge in [0.05, 0.1) is 16.9 Å². The van der Waals surface area contributed by atoms with Crippen molar-refractivity contribution in [2.75, 3.05) is 11.8 Å². The molecule has 0 aliphatic heterocycles. The van der Waals surface area contributed by atoms with Crippen molar-refractivity contribution in [3.63, 3.8) is 0 Å². The summed E-state index contributed by atoms with van der Waals surface area (Å²) in [5.41, 5.74) is 2.86. The molecule has 3 rings (SSSR count). The van der Waals surface area contributed by atoms with Gasteiger partial charge in [-0.1, -0.05) is 6.07 Å². The molecule has 8 heteroatoms. The Kier molecular flexibility index (Phi) is 4.81. The van der Waals surface area contributed by atoms with Crippen molar-refractivity contribution >= 4 is 27.2 Å². The minimum Gasteiger partial charge on any atom is -0.496 e. The fourth-order valence-electron chi connectivity index (χ4n) is 2.94. The third kappa shape index (κ3) is 3.22. The number of anilines is 1. The first kappa shape index (κ1) is 18.5. The number of ether oxygens (including phenoxy) is 1. The van der Waals surface area contributed by atoms with Crippen LogP contribution in [0.1, 0.15) is 16.7 Å². The first-order valence-electron chi connectivity index (χ1n) is 8.00. The Labute approximate surface area is 157 Å². The molecule has 0 bridgehead atoms. The lowest BCUT2D eigenvalue weighted by Gasteiger charge is -2.17. The van der Waals surface area contributed by atoms with E-state index in [9.17, 15) is 8.42 Å². The first-order valence-corrected chi connectivity index (χ1v) is 10.4. The summed E-state index contributed by atoms with van der Waals surface area (Å²) < 4.78 is 35.6. The molecular weight excluding hydrogens is 370 g/mol. The summed E-state index contributed by atoms with van der Waals surface area (Å²) in [7, 11) is -0.468. The Morgan fingerprint density at radius 1 is 1.19 bits per heavy atom. The van der Waals surface area contributed by atoms with E-state index in [2.05, 4.69) is 9.82 Å². The standard InChI is InChI=1S/C18H21N3O3S2/c1-11-9-15(24-5)12(2)13(3)18(11)26(22,23)20-17-10-14(19-21(17)4)16-7-6-8-25-16/h6-10,20H,1-5H3. The molecule has 6 nitrogen and oxygen atoms in total. The molecule has 1 N–H and O–H groups in total. The van der Waals surface area contributed by atoms with Crippen molar-refractivity contribution in [2.24, 2.45) is 7.05 Å². The molecule has 1 aromatic carbocycles. The second-order valence-corrected chi connectivity index (χ2v) is 8.66. The number of aryl methyl sites for hydroxylation is 2. The van der Waals surface area contributed by atoms with Crippen LogP contribution in [-0.2, 0) is 17.1 Å². The maximum atomic E-state index is 13.1. The van der Waals surface area contributed by atoms with Gasteiger partial charge in [0.15, 0.2) is 0 Å². The molecule has 0 amide bonds. The predicted molar refractivity (Wildman–Crippen MR) is 105 cm³/mol. The highest BCUT2D eigenvalue weighted by Gasteiger charge is 2.24. The molecule has 0 saturated carbocycles. The zero-order valence-corrected chi connectivity index (χ0v) is 17.0. The summed E-state index contributed by atoms with van der Waals surface area (Å²) in [5.74, 6) is 1.10. The number of nitrogens with one attached hydrogen (secondary N) is 1. The lowest BCUT2D eigenvalue weighted by molar-refractivity contribution is 0.410. The fourth-order valence-corrected chi connectivity index (χ4v) is 5.23. The Balaban J connectivity index is 2.02. The largest absolute Gasteiger partial charge is 0.496 e. The van der Waals surface area contributed by atoms with E-state index in [0.29, 0.717) is 22.7 Å². The topological polar surface area (TPSA) is 73.2 Å². The van der Waals surface area contributed by atoms with E-state index in [4.69, 9.17) is 4.74 Å². The van der Waals surface area contributed by atoms with Crippen LogP contribution in [0.15, 0.2) is 34.5 Å². The third-order valence-corrected chi connectivity index (χ3v) is 6.90. The maximum absolute atomic E-state index is 13.1. The summed E-state index contributed by atoms with van der Waals surface area (Å²) in [6.45, 7) is 5.41. The quantitative estimate of drug-likeness (QED) is 0.716. The van der Waals surface area contributed by atoms with Crippen LogP contribution in [0, 0.1) is 20.8 Å².